The Labute approximate surface area is 108 Å². The fraction of sp³-hybridized carbons (Fsp3) is 0.500. The van der Waals surface area contributed by atoms with Gasteiger partial charge in [-0.05, 0) is 30.9 Å². The van der Waals surface area contributed by atoms with E-state index in [-0.39, 0.29) is 11.8 Å². The third-order valence-corrected chi connectivity index (χ3v) is 3.62. The van der Waals surface area contributed by atoms with Crippen molar-refractivity contribution in [2.24, 2.45) is 5.92 Å². The Kier molecular flexibility index (Phi) is 4.06. The van der Waals surface area contributed by atoms with Gasteiger partial charge in [0.2, 0.25) is 5.91 Å². The van der Waals surface area contributed by atoms with E-state index in [0.717, 1.165) is 19.4 Å². The average Bonchev–Trinajstić information content (AvgIpc) is 2.78. The molecule has 2 nitrogen and oxygen atoms in total. The number of amides is 1. The SMILES string of the molecule is CCN(CCCl)C(=O)C1Cc2ccccc2C1. The Hall–Kier alpha value is -1.02. The average molecular weight is 252 g/mol. The lowest BCUT2D eigenvalue weighted by molar-refractivity contribution is -0.134. The van der Waals surface area contributed by atoms with E-state index in [9.17, 15) is 4.79 Å². The number of benzene rings is 1. The van der Waals surface area contributed by atoms with E-state index < -0.39 is 0 Å². The lowest BCUT2D eigenvalue weighted by Gasteiger charge is -2.23. The highest BCUT2D eigenvalue weighted by Crippen LogP contribution is 2.27. The zero-order chi connectivity index (χ0) is 12.3. The third kappa shape index (κ3) is 2.63. The number of alkyl halides is 1. The van der Waals surface area contributed by atoms with E-state index in [1.54, 1.807) is 0 Å². The third-order valence-electron chi connectivity index (χ3n) is 3.45. The minimum absolute atomic E-state index is 0.121. The maximum Gasteiger partial charge on any atom is 0.226 e. The molecule has 1 aliphatic carbocycles. The van der Waals surface area contributed by atoms with E-state index in [0.29, 0.717) is 12.4 Å². The molecule has 0 bridgehead atoms. The van der Waals surface area contributed by atoms with Crippen molar-refractivity contribution in [2.75, 3.05) is 19.0 Å². The minimum atomic E-state index is 0.121. The lowest BCUT2D eigenvalue weighted by Crippen LogP contribution is -2.37. The first-order valence-corrected chi connectivity index (χ1v) is 6.71. The summed E-state index contributed by atoms with van der Waals surface area (Å²) in [4.78, 5) is 14.2. The number of rotatable bonds is 4. The van der Waals surface area contributed by atoms with Gasteiger partial charge in [-0.3, -0.25) is 4.79 Å². The molecule has 0 radical (unpaired) electrons. The summed E-state index contributed by atoms with van der Waals surface area (Å²) < 4.78 is 0. The summed E-state index contributed by atoms with van der Waals surface area (Å²) in [6.45, 7) is 3.41. The van der Waals surface area contributed by atoms with Crippen LogP contribution >= 0.6 is 11.6 Å². The summed E-state index contributed by atoms with van der Waals surface area (Å²) in [7, 11) is 0. The van der Waals surface area contributed by atoms with Crippen LogP contribution in [0.4, 0.5) is 0 Å². The molecule has 0 saturated heterocycles. The van der Waals surface area contributed by atoms with Crippen LogP contribution in [0, 0.1) is 5.92 Å². The predicted molar refractivity (Wildman–Crippen MR) is 70.3 cm³/mol. The van der Waals surface area contributed by atoms with Gasteiger partial charge in [-0.25, -0.2) is 0 Å². The molecular formula is C14H18ClNO. The number of carbonyl (C=O) groups excluding carboxylic acids is 1. The molecule has 3 heteroatoms. The van der Waals surface area contributed by atoms with Crippen molar-refractivity contribution in [1.82, 2.24) is 4.90 Å². The molecule has 0 heterocycles. The first-order valence-electron chi connectivity index (χ1n) is 6.17. The summed E-state index contributed by atoms with van der Waals surface area (Å²) >= 11 is 5.72. The van der Waals surface area contributed by atoms with Crippen LogP contribution in [0.1, 0.15) is 18.1 Å². The zero-order valence-corrected chi connectivity index (χ0v) is 10.9. The maximum absolute atomic E-state index is 12.3. The number of fused-ring (bicyclic) bond motifs is 1. The summed E-state index contributed by atoms with van der Waals surface area (Å²) in [6.07, 6.45) is 1.77. The number of hydrogen-bond donors (Lipinski definition) is 0. The Morgan fingerprint density at radius 2 is 1.94 bits per heavy atom. The van der Waals surface area contributed by atoms with Gasteiger partial charge in [0, 0.05) is 24.9 Å². The van der Waals surface area contributed by atoms with Gasteiger partial charge < -0.3 is 4.90 Å². The van der Waals surface area contributed by atoms with Crippen LogP contribution in [-0.4, -0.2) is 29.8 Å². The molecule has 0 unspecified atom stereocenters. The summed E-state index contributed by atoms with van der Waals surface area (Å²) in [5.74, 6) is 0.888. The summed E-state index contributed by atoms with van der Waals surface area (Å²) in [5, 5.41) is 0. The number of hydrogen-bond acceptors (Lipinski definition) is 1. The molecule has 1 aromatic carbocycles. The summed E-state index contributed by atoms with van der Waals surface area (Å²) in [6, 6.07) is 8.34. The molecule has 0 fully saturated rings. The molecule has 1 amide bonds. The first-order chi connectivity index (χ1) is 8.26. The predicted octanol–water partition coefficient (Wildman–Crippen LogP) is 2.49. The van der Waals surface area contributed by atoms with Gasteiger partial charge in [0.15, 0.2) is 0 Å². The second-order valence-corrected chi connectivity index (χ2v) is 4.86. The molecule has 92 valence electrons. The van der Waals surface area contributed by atoms with Crippen molar-refractivity contribution in [3.8, 4) is 0 Å². The highest BCUT2D eigenvalue weighted by molar-refractivity contribution is 6.18. The van der Waals surface area contributed by atoms with Gasteiger partial charge in [0.1, 0.15) is 0 Å². The fourth-order valence-electron chi connectivity index (χ4n) is 2.52. The van der Waals surface area contributed by atoms with E-state index in [2.05, 4.69) is 12.1 Å². The van der Waals surface area contributed by atoms with E-state index in [1.807, 2.05) is 24.0 Å². The molecule has 0 spiro atoms. The molecule has 0 atom stereocenters. The normalized spacial score (nSPS) is 14.7. The van der Waals surface area contributed by atoms with Crippen molar-refractivity contribution in [1.29, 1.82) is 0 Å². The van der Waals surface area contributed by atoms with Crippen LogP contribution in [0.15, 0.2) is 24.3 Å². The topological polar surface area (TPSA) is 20.3 Å². The van der Waals surface area contributed by atoms with Gasteiger partial charge >= 0.3 is 0 Å². The number of halogens is 1. The van der Waals surface area contributed by atoms with E-state index in [1.165, 1.54) is 11.1 Å². The standard InChI is InChI=1S/C14H18ClNO/c1-2-16(8-7-15)14(17)13-9-11-5-3-4-6-12(11)10-13/h3-6,13H,2,7-10H2,1H3. The van der Waals surface area contributed by atoms with Crippen molar-refractivity contribution in [3.63, 3.8) is 0 Å². The monoisotopic (exact) mass is 251 g/mol. The number of nitrogens with zero attached hydrogens (tertiary/aromatic N) is 1. The van der Waals surface area contributed by atoms with Crippen LogP contribution in [0.3, 0.4) is 0 Å². The molecule has 17 heavy (non-hydrogen) atoms. The number of carbonyl (C=O) groups is 1. The molecule has 1 aromatic rings. The summed E-state index contributed by atoms with van der Waals surface area (Å²) in [5.41, 5.74) is 2.65. The van der Waals surface area contributed by atoms with Crippen LogP contribution in [-0.2, 0) is 17.6 Å². The van der Waals surface area contributed by atoms with Gasteiger partial charge in [-0.2, -0.15) is 0 Å². The Morgan fingerprint density at radius 3 is 2.41 bits per heavy atom. The quantitative estimate of drug-likeness (QED) is 0.753. The van der Waals surface area contributed by atoms with Crippen LogP contribution in [0.5, 0.6) is 0 Å². The van der Waals surface area contributed by atoms with Crippen molar-refractivity contribution < 1.29 is 4.79 Å². The Bertz CT molecular complexity index is 380. The molecule has 1 aliphatic rings. The second kappa shape index (κ2) is 5.54. The van der Waals surface area contributed by atoms with E-state index in [4.69, 9.17) is 11.6 Å². The minimum Gasteiger partial charge on any atom is -0.342 e. The molecule has 0 aliphatic heterocycles. The van der Waals surface area contributed by atoms with Crippen LogP contribution < -0.4 is 0 Å². The van der Waals surface area contributed by atoms with Gasteiger partial charge in [0.25, 0.3) is 0 Å². The van der Waals surface area contributed by atoms with Crippen LogP contribution in [0.25, 0.3) is 0 Å². The molecule has 2 rings (SSSR count). The van der Waals surface area contributed by atoms with Gasteiger partial charge in [-0.1, -0.05) is 24.3 Å². The van der Waals surface area contributed by atoms with Crippen molar-refractivity contribution in [3.05, 3.63) is 35.4 Å². The highest BCUT2D eigenvalue weighted by Gasteiger charge is 2.29. The van der Waals surface area contributed by atoms with Gasteiger partial charge in [0.05, 0.1) is 0 Å². The molecule has 0 aromatic heterocycles. The van der Waals surface area contributed by atoms with E-state index >= 15 is 0 Å². The fourth-order valence-corrected chi connectivity index (χ4v) is 2.72. The first kappa shape index (κ1) is 12.4. The molecular weight excluding hydrogens is 234 g/mol. The zero-order valence-electron chi connectivity index (χ0n) is 10.2. The smallest absolute Gasteiger partial charge is 0.226 e. The molecule has 0 saturated carbocycles. The maximum atomic E-state index is 12.3. The lowest BCUT2D eigenvalue weighted by atomic mass is 10.0. The van der Waals surface area contributed by atoms with Crippen LogP contribution in [0.2, 0.25) is 0 Å². The van der Waals surface area contributed by atoms with Crippen molar-refractivity contribution in [2.45, 2.75) is 19.8 Å². The largest absolute Gasteiger partial charge is 0.342 e. The Balaban J connectivity index is 2.04. The molecule has 0 N–H and O–H groups in total. The highest BCUT2D eigenvalue weighted by atomic mass is 35.5. The van der Waals surface area contributed by atoms with Crippen molar-refractivity contribution >= 4 is 17.5 Å². The van der Waals surface area contributed by atoms with Gasteiger partial charge in [-0.15, -0.1) is 11.6 Å². The Morgan fingerprint density at radius 1 is 1.35 bits per heavy atom. The second-order valence-electron chi connectivity index (χ2n) is 4.48.